The largest absolute Gasteiger partial charge is 0.488 e. The molecule has 8 heteroatoms. The molecule has 1 aliphatic rings. The van der Waals surface area contributed by atoms with Crippen LogP contribution in [-0.4, -0.2) is 57.1 Å². The van der Waals surface area contributed by atoms with Gasteiger partial charge in [0.1, 0.15) is 18.5 Å². The van der Waals surface area contributed by atoms with Crippen molar-refractivity contribution in [2.24, 2.45) is 4.99 Å². The van der Waals surface area contributed by atoms with Gasteiger partial charge in [0.05, 0.1) is 26.4 Å². The summed E-state index contributed by atoms with van der Waals surface area (Å²) in [6.45, 7) is 8.27. The minimum atomic E-state index is 0.111. The Morgan fingerprint density at radius 2 is 2.12 bits per heavy atom. The van der Waals surface area contributed by atoms with Gasteiger partial charge in [-0.25, -0.2) is 9.98 Å². The zero-order chi connectivity index (χ0) is 22.6. The molecule has 3 rings (SSSR count). The summed E-state index contributed by atoms with van der Waals surface area (Å²) < 4.78 is 22.4. The molecule has 1 unspecified atom stereocenters. The summed E-state index contributed by atoms with van der Waals surface area (Å²) in [5, 5.41) is 6.71. The van der Waals surface area contributed by atoms with Crippen LogP contribution in [-0.2, 0) is 22.6 Å². The molecule has 0 spiro atoms. The predicted molar refractivity (Wildman–Crippen MR) is 124 cm³/mol. The summed E-state index contributed by atoms with van der Waals surface area (Å²) in [6.07, 6.45) is 2.75. The van der Waals surface area contributed by atoms with E-state index in [9.17, 15) is 0 Å². The Bertz CT molecular complexity index is 869. The minimum Gasteiger partial charge on any atom is -0.488 e. The van der Waals surface area contributed by atoms with Crippen LogP contribution in [0.25, 0.3) is 0 Å². The van der Waals surface area contributed by atoms with Crippen LogP contribution in [0.4, 0.5) is 0 Å². The van der Waals surface area contributed by atoms with Crippen molar-refractivity contribution in [2.75, 3.05) is 40.1 Å². The number of aromatic nitrogens is 1. The number of hydrogen-bond donors (Lipinski definition) is 2. The van der Waals surface area contributed by atoms with Crippen molar-refractivity contribution in [3.8, 4) is 11.6 Å². The van der Waals surface area contributed by atoms with Crippen LogP contribution in [0.15, 0.2) is 41.5 Å². The molecule has 2 heterocycles. The van der Waals surface area contributed by atoms with E-state index in [0.29, 0.717) is 38.8 Å². The van der Waals surface area contributed by atoms with Crippen LogP contribution in [0.1, 0.15) is 30.0 Å². The van der Waals surface area contributed by atoms with Gasteiger partial charge in [-0.1, -0.05) is 18.2 Å². The number of methoxy groups -OCH3 is 1. The van der Waals surface area contributed by atoms with Crippen LogP contribution >= 0.6 is 0 Å². The number of nitrogens with zero attached hydrogens (tertiary/aromatic N) is 2. The lowest BCUT2D eigenvalue weighted by atomic mass is 10.1. The van der Waals surface area contributed by atoms with Gasteiger partial charge in [-0.05, 0) is 31.5 Å². The first kappa shape index (κ1) is 23.8. The van der Waals surface area contributed by atoms with Crippen molar-refractivity contribution in [1.82, 2.24) is 15.6 Å². The molecule has 0 amide bonds. The third-order valence-electron chi connectivity index (χ3n) is 4.98. The average molecular weight is 443 g/mol. The summed E-state index contributed by atoms with van der Waals surface area (Å²) >= 11 is 0. The van der Waals surface area contributed by atoms with Crippen LogP contribution in [0, 0.1) is 6.92 Å². The van der Waals surface area contributed by atoms with Crippen LogP contribution < -0.4 is 20.1 Å². The van der Waals surface area contributed by atoms with Gasteiger partial charge < -0.3 is 29.6 Å². The van der Waals surface area contributed by atoms with Gasteiger partial charge >= 0.3 is 0 Å². The normalized spacial score (nSPS) is 16.1. The molecule has 0 bridgehead atoms. The van der Waals surface area contributed by atoms with Crippen LogP contribution in [0.3, 0.4) is 0 Å². The maximum Gasteiger partial charge on any atom is 0.218 e. The van der Waals surface area contributed by atoms with Gasteiger partial charge in [-0.15, -0.1) is 0 Å². The van der Waals surface area contributed by atoms with E-state index < -0.39 is 0 Å². The Balaban J connectivity index is 1.65. The number of guanidine groups is 1. The quantitative estimate of drug-likeness (QED) is 0.314. The lowest BCUT2D eigenvalue weighted by Gasteiger charge is -2.18. The van der Waals surface area contributed by atoms with Gasteiger partial charge in [0, 0.05) is 43.9 Å². The molecule has 0 aliphatic carbocycles. The number of aryl methyl sites for hydroxylation is 1. The molecular weight excluding hydrogens is 408 g/mol. The van der Waals surface area contributed by atoms with E-state index in [-0.39, 0.29) is 6.10 Å². The summed E-state index contributed by atoms with van der Waals surface area (Å²) in [5.74, 6) is 2.19. The average Bonchev–Trinajstić information content (AvgIpc) is 3.31. The topological polar surface area (TPSA) is 86.2 Å². The van der Waals surface area contributed by atoms with E-state index in [1.807, 2.05) is 19.1 Å². The molecule has 2 N–H and O–H groups in total. The zero-order valence-electron chi connectivity index (χ0n) is 19.2. The highest BCUT2D eigenvalue weighted by Gasteiger charge is 2.19. The van der Waals surface area contributed by atoms with E-state index in [2.05, 4.69) is 40.7 Å². The highest BCUT2D eigenvalue weighted by atomic mass is 16.5. The monoisotopic (exact) mass is 442 g/mol. The van der Waals surface area contributed by atoms with E-state index in [1.54, 1.807) is 13.3 Å². The summed E-state index contributed by atoms with van der Waals surface area (Å²) in [4.78, 5) is 9.04. The summed E-state index contributed by atoms with van der Waals surface area (Å²) in [5.41, 5.74) is 3.17. The maximum atomic E-state index is 6.21. The second-order valence-corrected chi connectivity index (χ2v) is 7.57. The second-order valence-electron chi connectivity index (χ2n) is 7.57. The minimum absolute atomic E-state index is 0.111. The van der Waals surface area contributed by atoms with Gasteiger partial charge in [0.2, 0.25) is 5.88 Å². The Labute approximate surface area is 190 Å². The number of rotatable bonds is 11. The van der Waals surface area contributed by atoms with E-state index in [0.717, 1.165) is 42.4 Å². The maximum absolute atomic E-state index is 6.21. The molecule has 1 aromatic heterocycles. The Hall–Kier alpha value is -2.84. The van der Waals surface area contributed by atoms with Crippen molar-refractivity contribution < 1.29 is 18.9 Å². The molecule has 174 valence electrons. The smallest absolute Gasteiger partial charge is 0.218 e. The molecule has 1 atom stereocenters. The van der Waals surface area contributed by atoms with Crippen LogP contribution in [0.5, 0.6) is 11.6 Å². The van der Waals surface area contributed by atoms with E-state index in [1.165, 1.54) is 5.56 Å². The standard InChI is InChI=1S/C24H34N4O4/c1-4-25-24(28-16-20-6-5-10-26-23(20)31-13-12-29-3)27-15-19-8-7-18(2)14-22(19)32-21-9-11-30-17-21/h5-8,10,14,21H,4,9,11-13,15-17H2,1-3H3,(H2,25,27,28). The highest BCUT2D eigenvalue weighted by Crippen LogP contribution is 2.24. The van der Waals surface area contributed by atoms with Crippen molar-refractivity contribution in [3.63, 3.8) is 0 Å². The molecular formula is C24H34N4O4. The van der Waals surface area contributed by atoms with Crippen molar-refractivity contribution in [2.45, 2.75) is 39.5 Å². The van der Waals surface area contributed by atoms with Crippen molar-refractivity contribution >= 4 is 5.96 Å². The molecule has 1 aliphatic heterocycles. The summed E-state index contributed by atoms with van der Waals surface area (Å²) in [7, 11) is 1.65. The van der Waals surface area contributed by atoms with Gasteiger partial charge in [0.25, 0.3) is 0 Å². The molecule has 1 aromatic carbocycles. The third-order valence-corrected chi connectivity index (χ3v) is 4.98. The molecule has 1 fully saturated rings. The van der Waals surface area contributed by atoms with Gasteiger partial charge in [-0.2, -0.15) is 0 Å². The predicted octanol–water partition coefficient (Wildman–Crippen LogP) is 2.84. The van der Waals surface area contributed by atoms with Crippen LogP contribution in [0.2, 0.25) is 0 Å². The lowest BCUT2D eigenvalue weighted by Crippen LogP contribution is -2.37. The van der Waals surface area contributed by atoms with Crippen molar-refractivity contribution in [3.05, 3.63) is 53.2 Å². The molecule has 0 saturated carbocycles. The first-order valence-electron chi connectivity index (χ1n) is 11.1. The number of aliphatic imine (C=N–C) groups is 1. The Kier molecular flexibility index (Phi) is 9.59. The Morgan fingerprint density at radius 1 is 1.22 bits per heavy atom. The van der Waals surface area contributed by atoms with E-state index >= 15 is 0 Å². The highest BCUT2D eigenvalue weighted by molar-refractivity contribution is 5.79. The van der Waals surface area contributed by atoms with Crippen molar-refractivity contribution in [1.29, 1.82) is 0 Å². The fourth-order valence-electron chi connectivity index (χ4n) is 3.28. The first-order valence-corrected chi connectivity index (χ1v) is 11.1. The SMILES string of the molecule is CCNC(=NCc1cccnc1OCCOC)NCc1ccc(C)cc1OC1CCOC1. The van der Waals surface area contributed by atoms with Gasteiger partial charge in [-0.3, -0.25) is 0 Å². The number of hydrogen-bond acceptors (Lipinski definition) is 6. The fraction of sp³-hybridized carbons (Fsp3) is 0.500. The lowest BCUT2D eigenvalue weighted by molar-refractivity contribution is 0.140. The van der Waals surface area contributed by atoms with Gasteiger partial charge in [0.15, 0.2) is 5.96 Å². The molecule has 0 radical (unpaired) electrons. The second kappa shape index (κ2) is 12.9. The molecule has 1 saturated heterocycles. The Morgan fingerprint density at radius 3 is 2.91 bits per heavy atom. The third kappa shape index (κ3) is 7.39. The zero-order valence-corrected chi connectivity index (χ0v) is 19.2. The first-order chi connectivity index (χ1) is 15.7. The number of pyridine rings is 1. The fourth-order valence-corrected chi connectivity index (χ4v) is 3.28. The number of ether oxygens (including phenoxy) is 4. The molecule has 32 heavy (non-hydrogen) atoms. The molecule has 2 aromatic rings. The molecule has 8 nitrogen and oxygen atoms in total. The number of benzene rings is 1. The summed E-state index contributed by atoms with van der Waals surface area (Å²) in [6, 6.07) is 10.1. The number of nitrogens with one attached hydrogen (secondary N) is 2. The van der Waals surface area contributed by atoms with E-state index in [4.69, 9.17) is 23.9 Å².